The highest BCUT2D eigenvalue weighted by atomic mass is 16.7. The predicted molar refractivity (Wildman–Crippen MR) is 123 cm³/mol. The summed E-state index contributed by atoms with van der Waals surface area (Å²) in [4.78, 5) is 38.4. The Morgan fingerprint density at radius 2 is 1.86 bits per heavy atom. The maximum absolute atomic E-state index is 13.2. The fourth-order valence-electron chi connectivity index (χ4n) is 9.14. The van der Waals surface area contributed by atoms with Crippen molar-refractivity contribution in [1.82, 2.24) is 0 Å². The molecule has 8 heteroatoms. The lowest BCUT2D eigenvalue weighted by atomic mass is 9.35. The third-order valence-electron chi connectivity index (χ3n) is 10.8. The first-order valence-electron chi connectivity index (χ1n) is 12.4. The van der Waals surface area contributed by atoms with Crippen molar-refractivity contribution in [3.8, 4) is 0 Å². The monoisotopic (exact) mass is 483 g/mol. The summed E-state index contributed by atoms with van der Waals surface area (Å²) in [6, 6.07) is 1.82. The van der Waals surface area contributed by atoms with E-state index in [0.717, 1.165) is 18.4 Å². The van der Waals surface area contributed by atoms with E-state index in [2.05, 4.69) is 26.8 Å². The number of cyclic esters (lactones) is 1. The van der Waals surface area contributed by atoms with Gasteiger partial charge in [0.05, 0.1) is 12.5 Å². The van der Waals surface area contributed by atoms with E-state index in [1.165, 1.54) is 0 Å². The van der Waals surface area contributed by atoms with E-state index in [-0.39, 0.29) is 23.0 Å². The van der Waals surface area contributed by atoms with Crippen LogP contribution >= 0.6 is 0 Å². The SMILES string of the molecule is CC1(C)C(=O)C=C[C@]2(C)[C@H]3CC[C@@]4(C)[C@@H](c5ccoc5)OC(=O)[C@H]5O[C@]54[C@]3(C)[C@H](OC(N)=O)C[C@@H]12. The summed E-state index contributed by atoms with van der Waals surface area (Å²) < 4.78 is 23.7. The zero-order chi connectivity index (χ0) is 25.2. The number of ketones is 1. The molecule has 2 N–H and O–H groups in total. The van der Waals surface area contributed by atoms with Gasteiger partial charge in [-0.3, -0.25) is 4.79 Å². The van der Waals surface area contributed by atoms with E-state index >= 15 is 0 Å². The molecular weight excluding hydrogens is 450 g/mol. The highest BCUT2D eigenvalue weighted by Crippen LogP contribution is 2.79. The average Bonchev–Trinajstić information content (AvgIpc) is 3.35. The van der Waals surface area contributed by atoms with Crippen LogP contribution in [0.4, 0.5) is 4.79 Å². The summed E-state index contributed by atoms with van der Waals surface area (Å²) in [5, 5.41) is 0. The number of hydrogen-bond acceptors (Lipinski definition) is 7. The highest BCUT2D eigenvalue weighted by molar-refractivity contribution is 5.95. The van der Waals surface area contributed by atoms with E-state index in [1.807, 2.05) is 19.9 Å². The van der Waals surface area contributed by atoms with Crippen molar-refractivity contribution in [2.24, 2.45) is 39.2 Å². The molecule has 6 rings (SSSR count). The Balaban J connectivity index is 1.55. The number of fused-ring (bicyclic) bond motifs is 3. The molecule has 35 heavy (non-hydrogen) atoms. The van der Waals surface area contributed by atoms with Gasteiger partial charge in [-0.1, -0.05) is 40.7 Å². The minimum Gasteiger partial charge on any atom is -0.472 e. The molecule has 9 atom stereocenters. The zero-order valence-electron chi connectivity index (χ0n) is 20.8. The van der Waals surface area contributed by atoms with Crippen LogP contribution in [0.25, 0.3) is 0 Å². The van der Waals surface area contributed by atoms with Crippen molar-refractivity contribution in [1.29, 1.82) is 0 Å². The van der Waals surface area contributed by atoms with Gasteiger partial charge in [-0.05, 0) is 48.7 Å². The molecule has 1 aromatic heterocycles. The number of amides is 1. The Hall–Kier alpha value is -2.61. The van der Waals surface area contributed by atoms with E-state index in [4.69, 9.17) is 24.4 Å². The van der Waals surface area contributed by atoms with E-state index in [0.29, 0.717) is 6.42 Å². The molecule has 0 bridgehead atoms. The van der Waals surface area contributed by atoms with Crippen molar-refractivity contribution < 1.29 is 33.0 Å². The highest BCUT2D eigenvalue weighted by Gasteiger charge is 2.88. The third-order valence-corrected chi connectivity index (χ3v) is 10.8. The van der Waals surface area contributed by atoms with Crippen LogP contribution in [0.15, 0.2) is 35.2 Å². The molecule has 0 radical (unpaired) electrons. The van der Waals surface area contributed by atoms with Crippen LogP contribution in [0.2, 0.25) is 0 Å². The molecule has 2 saturated carbocycles. The van der Waals surface area contributed by atoms with Gasteiger partial charge < -0.3 is 24.4 Å². The van der Waals surface area contributed by atoms with E-state index in [9.17, 15) is 14.4 Å². The fourth-order valence-corrected chi connectivity index (χ4v) is 9.14. The second-order valence-corrected chi connectivity index (χ2v) is 12.4. The zero-order valence-corrected chi connectivity index (χ0v) is 20.8. The summed E-state index contributed by atoms with van der Waals surface area (Å²) in [6.45, 7) is 10.3. The molecular formula is C27H33NO7. The molecule has 4 fully saturated rings. The number of carbonyl (C=O) groups is 3. The summed E-state index contributed by atoms with van der Waals surface area (Å²) in [5.74, 6) is -0.416. The van der Waals surface area contributed by atoms with Crippen molar-refractivity contribution in [3.05, 3.63) is 36.3 Å². The molecule has 8 nitrogen and oxygen atoms in total. The first kappa shape index (κ1) is 22.8. The molecule has 1 spiro atoms. The lowest BCUT2D eigenvalue weighted by Gasteiger charge is -2.68. The smallest absolute Gasteiger partial charge is 0.404 e. The number of primary amides is 1. The van der Waals surface area contributed by atoms with Gasteiger partial charge >= 0.3 is 12.1 Å². The van der Waals surface area contributed by atoms with Crippen LogP contribution in [-0.4, -0.2) is 35.7 Å². The van der Waals surface area contributed by atoms with Crippen molar-refractivity contribution >= 4 is 17.8 Å². The summed E-state index contributed by atoms with van der Waals surface area (Å²) in [6.07, 6.45) is 6.15. The molecule has 1 aromatic rings. The van der Waals surface area contributed by atoms with Crippen LogP contribution < -0.4 is 5.73 Å². The number of rotatable bonds is 2. The molecule has 5 aliphatic rings. The van der Waals surface area contributed by atoms with Crippen LogP contribution in [0.5, 0.6) is 0 Å². The fraction of sp³-hybridized carbons (Fsp3) is 0.667. The number of nitrogens with two attached hydrogens (primary N) is 1. The van der Waals surface area contributed by atoms with Gasteiger partial charge in [-0.2, -0.15) is 0 Å². The maximum atomic E-state index is 13.2. The van der Waals surface area contributed by atoms with Gasteiger partial charge in [-0.25, -0.2) is 9.59 Å². The van der Waals surface area contributed by atoms with Gasteiger partial charge in [0.1, 0.15) is 17.8 Å². The predicted octanol–water partition coefficient (Wildman–Crippen LogP) is 4.09. The van der Waals surface area contributed by atoms with Crippen molar-refractivity contribution in [3.63, 3.8) is 0 Å². The molecule has 0 unspecified atom stereocenters. The third kappa shape index (κ3) is 2.44. The Bertz CT molecular complexity index is 1160. The quantitative estimate of drug-likeness (QED) is 0.497. The van der Waals surface area contributed by atoms with Crippen molar-refractivity contribution in [2.45, 2.75) is 77.8 Å². The van der Waals surface area contributed by atoms with Crippen LogP contribution in [0.1, 0.15) is 65.5 Å². The van der Waals surface area contributed by atoms with Crippen LogP contribution in [0, 0.1) is 33.5 Å². The summed E-state index contributed by atoms with van der Waals surface area (Å²) in [7, 11) is 0. The summed E-state index contributed by atoms with van der Waals surface area (Å²) >= 11 is 0. The number of esters is 1. The number of carbonyl (C=O) groups excluding carboxylic acids is 3. The second kappa shape index (κ2) is 6.58. The van der Waals surface area contributed by atoms with Gasteiger partial charge in [0.25, 0.3) is 0 Å². The normalized spacial score (nSPS) is 49.1. The van der Waals surface area contributed by atoms with Crippen LogP contribution in [0.3, 0.4) is 0 Å². The Morgan fingerprint density at radius 1 is 1.11 bits per heavy atom. The molecule has 188 valence electrons. The number of ether oxygens (including phenoxy) is 3. The average molecular weight is 484 g/mol. The number of hydrogen-bond donors (Lipinski definition) is 1. The van der Waals surface area contributed by atoms with Gasteiger partial charge in [-0.15, -0.1) is 0 Å². The minimum atomic E-state index is -0.909. The van der Waals surface area contributed by atoms with E-state index < -0.39 is 52.2 Å². The minimum absolute atomic E-state index is 0.0179. The molecule has 3 aliphatic carbocycles. The Morgan fingerprint density at radius 3 is 2.51 bits per heavy atom. The number of epoxide rings is 1. The largest absolute Gasteiger partial charge is 0.472 e. The Kier molecular flexibility index (Phi) is 4.29. The first-order chi connectivity index (χ1) is 16.3. The number of furan rings is 1. The Labute approximate surface area is 204 Å². The lowest BCUT2D eigenvalue weighted by molar-refractivity contribution is -0.245. The molecule has 2 saturated heterocycles. The second-order valence-electron chi connectivity index (χ2n) is 12.4. The van der Waals surface area contributed by atoms with Gasteiger partial charge in [0.15, 0.2) is 11.9 Å². The maximum Gasteiger partial charge on any atom is 0.404 e. The number of allylic oxidation sites excluding steroid dienone is 2. The van der Waals surface area contributed by atoms with Crippen LogP contribution in [-0.2, 0) is 23.8 Å². The summed E-state index contributed by atoms with van der Waals surface area (Å²) in [5.41, 5.74) is 3.17. The molecule has 3 heterocycles. The molecule has 1 amide bonds. The lowest BCUT2D eigenvalue weighted by Crippen LogP contribution is -2.72. The topological polar surface area (TPSA) is 121 Å². The van der Waals surface area contributed by atoms with E-state index in [1.54, 1.807) is 18.6 Å². The van der Waals surface area contributed by atoms with Gasteiger partial charge in [0.2, 0.25) is 0 Å². The van der Waals surface area contributed by atoms with Gasteiger partial charge in [0, 0.05) is 21.8 Å². The standard InChI is InChI=1S/C27H33NO7/c1-23(2)16-12-18(33-22(28)31)26(5)15(24(16,3)9-7-17(23)29)6-10-25(4)19(14-8-11-32-13-14)34-21(30)20-27(25,26)35-20/h7-9,11,13,15-16,18-20H,6,10,12H2,1-5H3,(H2,28,31)/t15-,16+,18-,19-,20-,24-,25+,26+,27-/m1/s1. The molecule has 2 aliphatic heterocycles. The van der Waals surface area contributed by atoms with Crippen molar-refractivity contribution in [2.75, 3.05) is 0 Å². The first-order valence-corrected chi connectivity index (χ1v) is 12.4. The molecule has 0 aromatic carbocycles.